The molecule has 1 N–H and O–H groups in total. The summed E-state index contributed by atoms with van der Waals surface area (Å²) in [4.78, 5) is 18.9. The highest BCUT2D eigenvalue weighted by atomic mass is 16.2. The third kappa shape index (κ3) is 4.57. The van der Waals surface area contributed by atoms with Gasteiger partial charge in [-0.15, -0.1) is 0 Å². The van der Waals surface area contributed by atoms with E-state index < -0.39 is 0 Å². The van der Waals surface area contributed by atoms with Crippen LogP contribution in [-0.2, 0) is 0 Å². The van der Waals surface area contributed by atoms with Gasteiger partial charge in [-0.2, -0.15) is 0 Å². The van der Waals surface area contributed by atoms with Crippen molar-refractivity contribution in [1.82, 2.24) is 9.88 Å². The van der Waals surface area contributed by atoms with E-state index in [9.17, 15) is 4.79 Å². The number of pyridine rings is 1. The lowest BCUT2D eigenvalue weighted by molar-refractivity contribution is 0.0755. The maximum atomic E-state index is 12.6. The van der Waals surface area contributed by atoms with Crippen LogP contribution in [0.5, 0.6) is 0 Å². The summed E-state index contributed by atoms with van der Waals surface area (Å²) in [5.74, 6) is 0.808. The van der Waals surface area contributed by atoms with Gasteiger partial charge in [-0.25, -0.2) is 4.98 Å². The predicted octanol–water partition coefficient (Wildman–Crippen LogP) is 4.70. The smallest absolute Gasteiger partial charge is 0.255 e. The zero-order chi connectivity index (χ0) is 17.5. The average Bonchev–Trinajstić information content (AvgIpc) is 2.58. The van der Waals surface area contributed by atoms with Crippen molar-refractivity contribution in [1.29, 1.82) is 0 Å². The first kappa shape index (κ1) is 18.0. The minimum atomic E-state index is 0.0597. The summed E-state index contributed by atoms with van der Waals surface area (Å²) in [7, 11) is 0. The molecule has 1 aromatic carbocycles. The highest BCUT2D eigenvalue weighted by Gasteiger charge is 2.14. The average molecular weight is 325 g/mol. The van der Waals surface area contributed by atoms with Crippen LogP contribution < -0.4 is 5.32 Å². The van der Waals surface area contributed by atoms with Gasteiger partial charge in [0.05, 0.1) is 5.56 Å². The Labute approximate surface area is 144 Å². The van der Waals surface area contributed by atoms with Crippen molar-refractivity contribution < 1.29 is 4.79 Å². The number of nitrogens with one attached hydrogen (secondary N) is 1. The monoisotopic (exact) mass is 325 g/mol. The number of amides is 1. The molecule has 2 rings (SSSR count). The first-order valence-corrected chi connectivity index (χ1v) is 8.64. The van der Waals surface area contributed by atoms with Gasteiger partial charge in [-0.1, -0.05) is 26.0 Å². The van der Waals surface area contributed by atoms with Crippen LogP contribution in [0.15, 0.2) is 36.5 Å². The molecule has 2 aromatic rings. The third-order valence-corrected chi connectivity index (χ3v) is 3.94. The van der Waals surface area contributed by atoms with E-state index >= 15 is 0 Å². The standard InChI is InChI=1S/C20H27N3O/c1-5-11-23(12-6-2)20(24)17-9-10-19(21-14-17)22-18-13-15(3)7-8-16(18)4/h7-10,13-14H,5-6,11-12H2,1-4H3,(H,21,22). The second-order valence-electron chi connectivity index (χ2n) is 6.17. The Morgan fingerprint density at radius 2 is 1.79 bits per heavy atom. The maximum absolute atomic E-state index is 12.6. The number of hydrogen-bond donors (Lipinski definition) is 1. The van der Waals surface area contributed by atoms with Crippen molar-refractivity contribution in [3.63, 3.8) is 0 Å². The molecule has 1 heterocycles. The SMILES string of the molecule is CCCN(CCC)C(=O)c1ccc(Nc2cc(C)ccc2C)nc1. The van der Waals surface area contributed by atoms with Gasteiger partial charge in [0.15, 0.2) is 0 Å². The fourth-order valence-electron chi connectivity index (χ4n) is 2.64. The highest BCUT2D eigenvalue weighted by Crippen LogP contribution is 2.20. The van der Waals surface area contributed by atoms with Crippen molar-refractivity contribution in [2.75, 3.05) is 18.4 Å². The van der Waals surface area contributed by atoms with Gasteiger partial charge in [-0.05, 0) is 56.0 Å². The van der Waals surface area contributed by atoms with Crippen LogP contribution in [0.1, 0.15) is 48.2 Å². The van der Waals surface area contributed by atoms with Gasteiger partial charge in [0.1, 0.15) is 5.82 Å². The number of carbonyl (C=O) groups is 1. The highest BCUT2D eigenvalue weighted by molar-refractivity contribution is 5.94. The molecule has 128 valence electrons. The number of aryl methyl sites for hydroxylation is 2. The maximum Gasteiger partial charge on any atom is 0.255 e. The van der Waals surface area contributed by atoms with Crippen LogP contribution in [-0.4, -0.2) is 28.9 Å². The normalized spacial score (nSPS) is 10.5. The molecule has 4 heteroatoms. The zero-order valence-electron chi connectivity index (χ0n) is 15.1. The summed E-state index contributed by atoms with van der Waals surface area (Å²) >= 11 is 0. The summed E-state index contributed by atoms with van der Waals surface area (Å²) in [6, 6.07) is 9.99. The summed E-state index contributed by atoms with van der Waals surface area (Å²) in [5.41, 5.74) is 4.05. The molecule has 0 unspecified atom stereocenters. The predicted molar refractivity (Wildman–Crippen MR) is 99.9 cm³/mol. The number of aromatic nitrogens is 1. The van der Waals surface area contributed by atoms with Gasteiger partial charge in [0, 0.05) is 25.0 Å². The lowest BCUT2D eigenvalue weighted by Gasteiger charge is -2.21. The van der Waals surface area contributed by atoms with Crippen LogP contribution in [0.2, 0.25) is 0 Å². The molecule has 1 aromatic heterocycles. The Kier molecular flexibility index (Phi) is 6.36. The minimum absolute atomic E-state index is 0.0597. The minimum Gasteiger partial charge on any atom is -0.340 e. The Hall–Kier alpha value is -2.36. The van der Waals surface area contributed by atoms with Crippen molar-refractivity contribution >= 4 is 17.4 Å². The number of hydrogen-bond acceptors (Lipinski definition) is 3. The van der Waals surface area contributed by atoms with Crippen LogP contribution in [0, 0.1) is 13.8 Å². The Morgan fingerprint density at radius 1 is 1.08 bits per heavy atom. The second kappa shape index (κ2) is 8.48. The summed E-state index contributed by atoms with van der Waals surface area (Å²) in [6.45, 7) is 9.88. The van der Waals surface area contributed by atoms with E-state index in [2.05, 4.69) is 56.2 Å². The molecule has 0 saturated heterocycles. The molecule has 0 saturated carbocycles. The fraction of sp³-hybridized carbons (Fsp3) is 0.400. The molecule has 0 aliphatic heterocycles. The molecule has 0 fully saturated rings. The van der Waals surface area contributed by atoms with Crippen LogP contribution in [0.3, 0.4) is 0 Å². The Balaban J connectivity index is 2.12. The van der Waals surface area contributed by atoms with Crippen LogP contribution >= 0.6 is 0 Å². The van der Waals surface area contributed by atoms with Gasteiger partial charge < -0.3 is 10.2 Å². The quantitative estimate of drug-likeness (QED) is 0.802. The number of anilines is 2. The van der Waals surface area contributed by atoms with Crippen LogP contribution in [0.4, 0.5) is 11.5 Å². The molecule has 0 bridgehead atoms. The van der Waals surface area contributed by atoms with Gasteiger partial charge >= 0.3 is 0 Å². The lowest BCUT2D eigenvalue weighted by Crippen LogP contribution is -2.32. The molecule has 0 aliphatic carbocycles. The fourth-order valence-corrected chi connectivity index (χ4v) is 2.64. The van der Waals surface area contributed by atoms with Crippen molar-refractivity contribution in [2.24, 2.45) is 0 Å². The molecule has 24 heavy (non-hydrogen) atoms. The molecular weight excluding hydrogens is 298 g/mol. The van der Waals surface area contributed by atoms with Gasteiger partial charge in [-0.3, -0.25) is 4.79 Å². The van der Waals surface area contributed by atoms with E-state index in [0.717, 1.165) is 37.4 Å². The molecule has 0 aliphatic rings. The zero-order valence-corrected chi connectivity index (χ0v) is 15.1. The number of carbonyl (C=O) groups excluding carboxylic acids is 1. The Morgan fingerprint density at radius 3 is 2.38 bits per heavy atom. The number of nitrogens with zero attached hydrogens (tertiary/aromatic N) is 2. The third-order valence-electron chi connectivity index (χ3n) is 3.94. The van der Waals surface area contributed by atoms with Crippen molar-refractivity contribution in [3.8, 4) is 0 Å². The van der Waals surface area contributed by atoms with E-state index in [0.29, 0.717) is 5.56 Å². The van der Waals surface area contributed by atoms with Crippen molar-refractivity contribution in [3.05, 3.63) is 53.2 Å². The molecule has 0 atom stereocenters. The summed E-state index contributed by atoms with van der Waals surface area (Å²) < 4.78 is 0. The first-order valence-electron chi connectivity index (χ1n) is 8.64. The van der Waals surface area contributed by atoms with Gasteiger partial charge in [0.2, 0.25) is 0 Å². The Bertz CT molecular complexity index is 674. The second-order valence-corrected chi connectivity index (χ2v) is 6.17. The summed E-state index contributed by atoms with van der Waals surface area (Å²) in [5, 5.41) is 3.32. The topological polar surface area (TPSA) is 45.2 Å². The van der Waals surface area contributed by atoms with E-state index in [-0.39, 0.29) is 5.91 Å². The first-order chi connectivity index (χ1) is 11.5. The molecule has 4 nitrogen and oxygen atoms in total. The van der Waals surface area contributed by atoms with Gasteiger partial charge in [0.25, 0.3) is 5.91 Å². The van der Waals surface area contributed by atoms with E-state index in [1.54, 1.807) is 6.20 Å². The molecule has 0 spiro atoms. The number of benzene rings is 1. The van der Waals surface area contributed by atoms with Crippen LogP contribution in [0.25, 0.3) is 0 Å². The summed E-state index contributed by atoms with van der Waals surface area (Å²) in [6.07, 6.45) is 3.59. The van der Waals surface area contributed by atoms with E-state index in [1.807, 2.05) is 17.0 Å². The molecule has 1 amide bonds. The van der Waals surface area contributed by atoms with E-state index in [4.69, 9.17) is 0 Å². The number of rotatable bonds is 7. The van der Waals surface area contributed by atoms with Crippen molar-refractivity contribution in [2.45, 2.75) is 40.5 Å². The molecular formula is C20H27N3O. The van der Waals surface area contributed by atoms with E-state index in [1.165, 1.54) is 11.1 Å². The molecule has 0 radical (unpaired) electrons. The largest absolute Gasteiger partial charge is 0.340 e. The lowest BCUT2D eigenvalue weighted by atomic mass is 10.1.